The summed E-state index contributed by atoms with van der Waals surface area (Å²) in [6, 6.07) is 4.58. The predicted molar refractivity (Wildman–Crippen MR) is 80.6 cm³/mol. The normalized spacial score (nSPS) is 11.6. The van der Waals surface area contributed by atoms with Gasteiger partial charge >= 0.3 is 5.97 Å². The minimum Gasteiger partial charge on any atom is -0.453 e. The molecule has 0 saturated carbocycles. The topological polar surface area (TPSA) is 72.5 Å². The average molecular weight is 332 g/mol. The summed E-state index contributed by atoms with van der Waals surface area (Å²) < 4.78 is 4.93. The molecular weight excluding hydrogens is 317 g/mol. The second-order valence-corrected chi connectivity index (χ2v) is 5.35. The number of anilines is 1. The lowest BCUT2D eigenvalue weighted by Gasteiger charge is -2.13. The summed E-state index contributed by atoms with van der Waals surface area (Å²) in [5.74, 6) is -1.22. The zero-order valence-corrected chi connectivity index (χ0v) is 13.1. The van der Waals surface area contributed by atoms with Gasteiger partial charge in [-0.05, 0) is 32.0 Å². The molecule has 0 fully saturated rings. The number of ether oxygens (including phenoxy) is 1. The number of halogens is 2. The average Bonchev–Trinajstić information content (AvgIpc) is 2.34. The number of amides is 1. The Morgan fingerprint density at radius 2 is 1.71 bits per heavy atom. The molecule has 5 nitrogen and oxygen atoms in total. The zero-order chi connectivity index (χ0) is 16.0. The molecule has 21 heavy (non-hydrogen) atoms. The standard InChI is InChI=1S/C14H15Cl2NO4/c1-8(18)3-4-13(19)21-9(2)14(20)17-12-6-10(15)5-11(16)7-12/h5-7,9H,3-4H2,1-2H3,(H,17,20)/t9-/m0/s1. The molecule has 7 heteroatoms. The first-order chi connectivity index (χ1) is 9.77. The van der Waals surface area contributed by atoms with Gasteiger partial charge in [0.1, 0.15) is 5.78 Å². The van der Waals surface area contributed by atoms with E-state index in [1.165, 1.54) is 32.0 Å². The first-order valence-corrected chi connectivity index (χ1v) is 6.99. The monoisotopic (exact) mass is 331 g/mol. The van der Waals surface area contributed by atoms with Gasteiger partial charge in [-0.1, -0.05) is 23.2 Å². The number of rotatable bonds is 6. The van der Waals surface area contributed by atoms with E-state index in [9.17, 15) is 14.4 Å². The molecule has 0 spiro atoms. The van der Waals surface area contributed by atoms with Gasteiger partial charge in [-0.3, -0.25) is 9.59 Å². The summed E-state index contributed by atoms with van der Waals surface area (Å²) in [4.78, 5) is 34.1. The molecule has 1 amide bonds. The van der Waals surface area contributed by atoms with Gasteiger partial charge in [-0.25, -0.2) is 0 Å². The number of hydrogen-bond acceptors (Lipinski definition) is 4. The van der Waals surface area contributed by atoms with Gasteiger partial charge in [0.15, 0.2) is 6.10 Å². The summed E-state index contributed by atoms with van der Waals surface area (Å²) in [5.41, 5.74) is 0.407. The fraction of sp³-hybridized carbons (Fsp3) is 0.357. The minimum absolute atomic E-state index is 0.0457. The smallest absolute Gasteiger partial charge is 0.307 e. The lowest BCUT2D eigenvalue weighted by Crippen LogP contribution is -2.30. The van der Waals surface area contributed by atoms with E-state index in [4.69, 9.17) is 27.9 Å². The highest BCUT2D eigenvalue weighted by molar-refractivity contribution is 6.35. The molecule has 0 bridgehead atoms. The van der Waals surface area contributed by atoms with Gasteiger partial charge in [0.2, 0.25) is 0 Å². The Balaban J connectivity index is 2.54. The van der Waals surface area contributed by atoms with E-state index in [0.29, 0.717) is 15.7 Å². The van der Waals surface area contributed by atoms with Gasteiger partial charge in [-0.2, -0.15) is 0 Å². The number of hydrogen-bond donors (Lipinski definition) is 1. The van der Waals surface area contributed by atoms with Crippen LogP contribution in [0.4, 0.5) is 5.69 Å². The van der Waals surface area contributed by atoms with Crippen LogP contribution in [-0.4, -0.2) is 23.8 Å². The number of carbonyl (C=O) groups is 3. The predicted octanol–water partition coefficient (Wildman–Crippen LogP) is 3.23. The molecule has 0 aliphatic carbocycles. The highest BCUT2D eigenvalue weighted by Gasteiger charge is 2.18. The summed E-state index contributed by atoms with van der Waals surface area (Å²) in [6.07, 6.45) is -0.935. The number of esters is 1. The van der Waals surface area contributed by atoms with Crippen molar-refractivity contribution in [2.45, 2.75) is 32.8 Å². The largest absolute Gasteiger partial charge is 0.453 e. The molecule has 0 heterocycles. The fourth-order valence-corrected chi connectivity index (χ4v) is 1.98. The summed E-state index contributed by atoms with van der Waals surface area (Å²) in [6.45, 7) is 2.82. The fourth-order valence-electron chi connectivity index (χ4n) is 1.46. The van der Waals surface area contributed by atoms with E-state index in [-0.39, 0.29) is 18.6 Å². The molecule has 114 valence electrons. The van der Waals surface area contributed by atoms with E-state index >= 15 is 0 Å². The van der Waals surface area contributed by atoms with Crippen molar-refractivity contribution in [2.24, 2.45) is 0 Å². The Morgan fingerprint density at radius 1 is 1.14 bits per heavy atom. The molecule has 0 saturated heterocycles. The van der Waals surface area contributed by atoms with Crippen molar-refractivity contribution in [1.82, 2.24) is 0 Å². The molecule has 0 aliphatic rings. The molecule has 0 unspecified atom stereocenters. The Bertz CT molecular complexity index is 540. The maximum atomic E-state index is 11.9. The number of Topliss-reactive ketones (excluding diaryl/α,β-unsaturated/α-hetero) is 1. The van der Waals surface area contributed by atoms with Crippen LogP contribution in [0.25, 0.3) is 0 Å². The number of nitrogens with one attached hydrogen (secondary N) is 1. The SMILES string of the molecule is CC(=O)CCC(=O)O[C@@H](C)C(=O)Nc1cc(Cl)cc(Cl)c1. The van der Waals surface area contributed by atoms with E-state index in [2.05, 4.69) is 5.32 Å². The van der Waals surface area contributed by atoms with Crippen molar-refractivity contribution < 1.29 is 19.1 Å². The van der Waals surface area contributed by atoms with Crippen LogP contribution in [0, 0.1) is 0 Å². The van der Waals surface area contributed by atoms with E-state index in [0.717, 1.165) is 0 Å². The number of benzene rings is 1. The van der Waals surface area contributed by atoms with Crippen LogP contribution in [-0.2, 0) is 19.1 Å². The van der Waals surface area contributed by atoms with Crippen molar-refractivity contribution in [1.29, 1.82) is 0 Å². The van der Waals surface area contributed by atoms with Crippen LogP contribution in [0.15, 0.2) is 18.2 Å². The third-order valence-electron chi connectivity index (χ3n) is 2.49. The van der Waals surface area contributed by atoms with Crippen LogP contribution in [0.2, 0.25) is 10.0 Å². The van der Waals surface area contributed by atoms with Gasteiger partial charge < -0.3 is 14.8 Å². The Hall–Kier alpha value is -1.59. The van der Waals surface area contributed by atoms with Gasteiger partial charge in [-0.15, -0.1) is 0 Å². The first kappa shape index (κ1) is 17.5. The molecule has 0 aromatic heterocycles. The molecule has 1 aromatic carbocycles. The molecule has 1 rings (SSSR count). The Morgan fingerprint density at radius 3 is 2.24 bits per heavy atom. The van der Waals surface area contributed by atoms with E-state index in [1.807, 2.05) is 0 Å². The quantitative estimate of drug-likeness (QED) is 0.812. The van der Waals surface area contributed by atoms with Crippen LogP contribution in [0.5, 0.6) is 0 Å². The second-order valence-electron chi connectivity index (χ2n) is 4.48. The van der Waals surface area contributed by atoms with Crippen molar-refractivity contribution in [3.05, 3.63) is 28.2 Å². The second kappa shape index (κ2) is 8.00. The molecule has 1 atom stereocenters. The van der Waals surface area contributed by atoms with Crippen LogP contribution >= 0.6 is 23.2 Å². The van der Waals surface area contributed by atoms with Crippen LogP contribution in [0.3, 0.4) is 0 Å². The lowest BCUT2D eigenvalue weighted by atomic mass is 10.2. The third-order valence-corrected chi connectivity index (χ3v) is 2.93. The van der Waals surface area contributed by atoms with Crippen molar-refractivity contribution >= 4 is 46.5 Å². The lowest BCUT2D eigenvalue weighted by molar-refractivity contribution is -0.153. The zero-order valence-electron chi connectivity index (χ0n) is 11.6. The highest BCUT2D eigenvalue weighted by Crippen LogP contribution is 2.22. The number of ketones is 1. The molecule has 0 radical (unpaired) electrons. The first-order valence-electron chi connectivity index (χ1n) is 6.24. The Labute approximate surface area is 132 Å². The summed E-state index contributed by atoms with van der Waals surface area (Å²) in [5, 5.41) is 3.30. The van der Waals surface area contributed by atoms with Crippen molar-refractivity contribution in [3.63, 3.8) is 0 Å². The third kappa shape index (κ3) is 6.60. The molecule has 0 aliphatic heterocycles. The van der Waals surface area contributed by atoms with E-state index in [1.54, 1.807) is 0 Å². The molecule has 1 N–H and O–H groups in total. The van der Waals surface area contributed by atoms with Gasteiger partial charge in [0.05, 0.1) is 6.42 Å². The Kier molecular flexibility index (Phi) is 6.65. The summed E-state index contributed by atoms with van der Waals surface area (Å²) >= 11 is 11.6. The maximum absolute atomic E-state index is 11.9. The maximum Gasteiger partial charge on any atom is 0.307 e. The molecule has 1 aromatic rings. The summed E-state index contributed by atoms with van der Waals surface area (Å²) in [7, 11) is 0. The van der Waals surface area contributed by atoms with Gasteiger partial charge in [0.25, 0.3) is 5.91 Å². The van der Waals surface area contributed by atoms with E-state index < -0.39 is 18.0 Å². The number of carbonyl (C=O) groups excluding carboxylic acids is 3. The van der Waals surface area contributed by atoms with Crippen molar-refractivity contribution in [2.75, 3.05) is 5.32 Å². The van der Waals surface area contributed by atoms with Gasteiger partial charge in [0, 0.05) is 22.2 Å². The van der Waals surface area contributed by atoms with Crippen molar-refractivity contribution in [3.8, 4) is 0 Å². The minimum atomic E-state index is -0.984. The highest BCUT2D eigenvalue weighted by atomic mass is 35.5. The van der Waals surface area contributed by atoms with Crippen LogP contribution in [0.1, 0.15) is 26.7 Å². The van der Waals surface area contributed by atoms with Crippen LogP contribution < -0.4 is 5.32 Å². The molecular formula is C14H15Cl2NO4.